The normalized spacial score (nSPS) is 13.9. The maximum absolute atomic E-state index is 13.2. The monoisotopic (exact) mass is 387 g/mol. The zero-order valence-electron chi connectivity index (χ0n) is 13.8. The van der Waals surface area contributed by atoms with Crippen molar-refractivity contribution in [3.8, 4) is 0 Å². The Kier molecular flexibility index (Phi) is 4.90. The van der Waals surface area contributed by atoms with Gasteiger partial charge in [-0.15, -0.1) is 0 Å². The summed E-state index contributed by atoms with van der Waals surface area (Å²) in [4.78, 5) is 6.41. The zero-order valence-corrected chi connectivity index (χ0v) is 13.8. The van der Waals surface area contributed by atoms with Crippen molar-refractivity contribution >= 4 is 11.0 Å². The fourth-order valence-corrected chi connectivity index (χ4v) is 2.88. The number of aromatic amines is 1. The van der Waals surface area contributed by atoms with E-state index in [1.54, 1.807) is 0 Å². The molecule has 0 aliphatic carbocycles. The van der Waals surface area contributed by atoms with Crippen molar-refractivity contribution in [3.63, 3.8) is 0 Å². The highest BCUT2D eigenvalue weighted by Gasteiger charge is 2.39. The summed E-state index contributed by atoms with van der Waals surface area (Å²) in [5.41, 5.74) is 3.29. The van der Waals surface area contributed by atoms with Crippen LogP contribution in [0.1, 0.15) is 22.5 Å². The highest BCUT2D eigenvalue weighted by atomic mass is 19.4. The number of nitrogens with one attached hydrogen (secondary N) is 1. The van der Waals surface area contributed by atoms with Gasteiger partial charge in [-0.1, -0.05) is 30.3 Å². The predicted octanol–water partition coefficient (Wildman–Crippen LogP) is 4.71. The minimum atomic E-state index is -4.96. The minimum Gasteiger partial charge on any atom is -0.342 e. The number of nitrogens with zero attached hydrogens (tertiary/aromatic N) is 1. The van der Waals surface area contributed by atoms with Gasteiger partial charge in [0.05, 0.1) is 16.6 Å². The Morgan fingerprint density at radius 3 is 2.19 bits per heavy atom. The number of hydrogen-bond acceptors (Lipinski definition) is 2. The van der Waals surface area contributed by atoms with Crippen LogP contribution in [0.4, 0.5) is 26.3 Å². The number of fused-ring (bicyclic) bond motifs is 1. The van der Waals surface area contributed by atoms with Crippen LogP contribution in [0.15, 0.2) is 42.5 Å². The molecule has 1 atom stereocenters. The van der Waals surface area contributed by atoms with E-state index in [9.17, 15) is 26.3 Å². The lowest BCUT2D eigenvalue weighted by molar-refractivity contribution is -0.142. The molecule has 1 unspecified atom stereocenters. The Bertz CT molecular complexity index is 928. The molecule has 0 bridgehead atoms. The summed E-state index contributed by atoms with van der Waals surface area (Å²) in [7, 11) is 0. The number of hydrogen-bond donors (Lipinski definition) is 2. The van der Waals surface area contributed by atoms with Gasteiger partial charge in [-0.05, 0) is 24.1 Å². The molecule has 27 heavy (non-hydrogen) atoms. The number of alkyl halides is 6. The fourth-order valence-electron chi connectivity index (χ4n) is 2.88. The Morgan fingerprint density at radius 2 is 1.59 bits per heavy atom. The molecule has 3 N–H and O–H groups in total. The molecule has 0 saturated heterocycles. The average Bonchev–Trinajstić information content (AvgIpc) is 2.94. The second kappa shape index (κ2) is 6.88. The quantitative estimate of drug-likeness (QED) is 0.637. The largest absolute Gasteiger partial charge is 0.418 e. The van der Waals surface area contributed by atoms with Crippen molar-refractivity contribution in [1.29, 1.82) is 0 Å². The first-order valence-electron chi connectivity index (χ1n) is 8.00. The van der Waals surface area contributed by atoms with Gasteiger partial charge in [0, 0.05) is 12.5 Å². The number of benzene rings is 2. The van der Waals surface area contributed by atoms with Crippen LogP contribution in [-0.2, 0) is 25.2 Å². The van der Waals surface area contributed by atoms with Crippen molar-refractivity contribution in [3.05, 3.63) is 65.0 Å². The van der Waals surface area contributed by atoms with Crippen LogP contribution in [0.2, 0.25) is 0 Å². The van der Waals surface area contributed by atoms with Crippen LogP contribution in [0.3, 0.4) is 0 Å². The molecule has 0 fully saturated rings. The standard InChI is InChI=1S/C18H15F6N3/c19-17(20,21)11-7-13(18(22,23)24)16-14(8-11)26-15(27-16)9-12(25)6-10-4-2-1-3-5-10/h1-5,7-8,12H,6,9,25H2,(H,26,27). The molecule has 0 spiro atoms. The highest BCUT2D eigenvalue weighted by Crippen LogP contribution is 2.39. The second-order valence-electron chi connectivity index (χ2n) is 6.25. The SMILES string of the molecule is NC(Cc1ccccc1)Cc1nc2c(C(F)(F)F)cc(C(F)(F)F)cc2[nH]1. The van der Waals surface area contributed by atoms with Gasteiger partial charge in [-0.3, -0.25) is 0 Å². The molecule has 3 rings (SSSR count). The zero-order chi connectivity index (χ0) is 19.8. The lowest BCUT2D eigenvalue weighted by Crippen LogP contribution is -2.26. The summed E-state index contributed by atoms with van der Waals surface area (Å²) in [5, 5.41) is 0. The molecule has 0 amide bonds. The van der Waals surface area contributed by atoms with Gasteiger partial charge < -0.3 is 10.7 Å². The number of nitrogens with two attached hydrogens (primary N) is 1. The Balaban J connectivity index is 1.94. The Labute approximate surface area is 150 Å². The lowest BCUT2D eigenvalue weighted by atomic mass is 10.0. The molecule has 3 nitrogen and oxygen atoms in total. The van der Waals surface area contributed by atoms with Crippen LogP contribution in [0, 0.1) is 0 Å². The first-order valence-corrected chi connectivity index (χ1v) is 8.00. The molecule has 1 aromatic heterocycles. The van der Waals surface area contributed by atoms with Gasteiger partial charge in [0.1, 0.15) is 11.3 Å². The summed E-state index contributed by atoms with van der Waals surface area (Å²) in [6.07, 6.45) is -9.30. The van der Waals surface area contributed by atoms with Crippen LogP contribution < -0.4 is 5.73 Å². The van der Waals surface area contributed by atoms with Crippen LogP contribution >= 0.6 is 0 Å². The maximum atomic E-state index is 13.2. The molecule has 9 heteroatoms. The third kappa shape index (κ3) is 4.41. The van der Waals surface area contributed by atoms with Gasteiger partial charge in [-0.2, -0.15) is 26.3 Å². The first kappa shape index (κ1) is 19.2. The van der Waals surface area contributed by atoms with E-state index < -0.39 is 35.0 Å². The highest BCUT2D eigenvalue weighted by molar-refractivity contribution is 5.80. The fraction of sp³-hybridized carbons (Fsp3) is 0.278. The van der Waals surface area contributed by atoms with Crippen molar-refractivity contribution < 1.29 is 26.3 Å². The number of halogens is 6. The summed E-state index contributed by atoms with van der Waals surface area (Å²) in [5.74, 6) is 0.109. The molecule has 0 radical (unpaired) electrons. The molecule has 1 heterocycles. The number of aromatic nitrogens is 2. The van der Waals surface area contributed by atoms with E-state index in [1.807, 2.05) is 30.3 Å². The van der Waals surface area contributed by atoms with Gasteiger partial charge in [0.2, 0.25) is 0 Å². The number of imidazole rings is 1. The van der Waals surface area contributed by atoms with Crippen molar-refractivity contribution in [2.75, 3.05) is 0 Å². The van der Waals surface area contributed by atoms with Crippen LogP contribution in [-0.4, -0.2) is 16.0 Å². The topological polar surface area (TPSA) is 54.7 Å². The van der Waals surface area contributed by atoms with E-state index in [1.165, 1.54) is 0 Å². The molecule has 144 valence electrons. The molecular formula is C18H15F6N3. The average molecular weight is 387 g/mol. The van der Waals surface area contributed by atoms with E-state index in [-0.39, 0.29) is 23.8 Å². The predicted molar refractivity (Wildman–Crippen MR) is 87.9 cm³/mol. The van der Waals surface area contributed by atoms with Gasteiger partial charge >= 0.3 is 12.4 Å². The van der Waals surface area contributed by atoms with E-state index in [2.05, 4.69) is 9.97 Å². The van der Waals surface area contributed by atoms with Gasteiger partial charge in [0.15, 0.2) is 0 Å². The molecule has 0 aliphatic rings. The van der Waals surface area contributed by atoms with Crippen molar-refractivity contribution in [2.24, 2.45) is 5.73 Å². The van der Waals surface area contributed by atoms with Crippen LogP contribution in [0.5, 0.6) is 0 Å². The lowest BCUT2D eigenvalue weighted by Gasteiger charge is -2.11. The maximum Gasteiger partial charge on any atom is 0.418 e. The van der Waals surface area contributed by atoms with E-state index in [4.69, 9.17) is 5.73 Å². The van der Waals surface area contributed by atoms with Crippen molar-refractivity contribution in [1.82, 2.24) is 9.97 Å². The molecular weight excluding hydrogens is 372 g/mol. The summed E-state index contributed by atoms with van der Waals surface area (Å²) in [6.45, 7) is 0. The second-order valence-corrected chi connectivity index (χ2v) is 6.25. The molecule has 3 aromatic rings. The number of rotatable bonds is 4. The summed E-state index contributed by atoms with van der Waals surface area (Å²) < 4.78 is 78.4. The summed E-state index contributed by atoms with van der Waals surface area (Å²) >= 11 is 0. The van der Waals surface area contributed by atoms with Crippen LogP contribution in [0.25, 0.3) is 11.0 Å². The minimum absolute atomic E-state index is 0.0802. The van der Waals surface area contributed by atoms with E-state index in [0.717, 1.165) is 5.56 Å². The van der Waals surface area contributed by atoms with E-state index in [0.29, 0.717) is 12.5 Å². The molecule has 0 saturated carbocycles. The smallest absolute Gasteiger partial charge is 0.342 e. The Hall–Kier alpha value is -2.55. The van der Waals surface area contributed by atoms with Gasteiger partial charge in [-0.25, -0.2) is 4.98 Å². The van der Waals surface area contributed by atoms with E-state index >= 15 is 0 Å². The first-order chi connectivity index (χ1) is 12.5. The Morgan fingerprint density at radius 1 is 0.926 bits per heavy atom. The van der Waals surface area contributed by atoms with Crippen molar-refractivity contribution in [2.45, 2.75) is 31.2 Å². The third-order valence-corrected chi connectivity index (χ3v) is 4.06. The number of H-pyrrole nitrogens is 1. The third-order valence-electron chi connectivity index (χ3n) is 4.06. The summed E-state index contributed by atoms with van der Waals surface area (Å²) in [6, 6.07) is 9.47. The molecule has 0 aliphatic heterocycles. The molecule has 2 aromatic carbocycles. The van der Waals surface area contributed by atoms with Gasteiger partial charge in [0.25, 0.3) is 0 Å².